The lowest BCUT2D eigenvalue weighted by molar-refractivity contribution is 0.0572. The van der Waals surface area contributed by atoms with Crippen LogP contribution in [0.15, 0.2) is 24.3 Å². The standard InChI is InChI=1S/C13H19NOS/c1-10-3-2-4-11(7-10)8-12(14)13-9-16-6-5-15-13/h2-4,7,12-13H,5-6,8-9,14H2,1H3. The molecule has 1 heterocycles. The summed E-state index contributed by atoms with van der Waals surface area (Å²) in [7, 11) is 0. The summed E-state index contributed by atoms with van der Waals surface area (Å²) < 4.78 is 5.70. The average Bonchev–Trinajstić information content (AvgIpc) is 2.30. The van der Waals surface area contributed by atoms with Crippen molar-refractivity contribution < 1.29 is 4.74 Å². The van der Waals surface area contributed by atoms with Crippen LogP contribution in [0.1, 0.15) is 11.1 Å². The molecule has 2 N–H and O–H groups in total. The van der Waals surface area contributed by atoms with Gasteiger partial charge in [0, 0.05) is 17.5 Å². The monoisotopic (exact) mass is 237 g/mol. The second-order valence-electron chi connectivity index (χ2n) is 4.34. The van der Waals surface area contributed by atoms with Gasteiger partial charge in [0.2, 0.25) is 0 Å². The fourth-order valence-electron chi connectivity index (χ4n) is 2.00. The van der Waals surface area contributed by atoms with Crippen molar-refractivity contribution in [3.8, 4) is 0 Å². The van der Waals surface area contributed by atoms with Gasteiger partial charge in [0.05, 0.1) is 12.7 Å². The highest BCUT2D eigenvalue weighted by Crippen LogP contribution is 2.17. The largest absolute Gasteiger partial charge is 0.375 e. The van der Waals surface area contributed by atoms with Crippen LogP contribution in [0.25, 0.3) is 0 Å². The third-order valence-electron chi connectivity index (χ3n) is 2.87. The number of hydrogen-bond donors (Lipinski definition) is 1. The van der Waals surface area contributed by atoms with Crippen LogP contribution in [0.4, 0.5) is 0 Å². The number of benzene rings is 1. The lowest BCUT2D eigenvalue weighted by atomic mass is 10.0. The molecule has 1 saturated heterocycles. The zero-order valence-electron chi connectivity index (χ0n) is 9.69. The summed E-state index contributed by atoms with van der Waals surface area (Å²) in [6.45, 7) is 2.96. The molecule has 3 heteroatoms. The van der Waals surface area contributed by atoms with Gasteiger partial charge in [-0.2, -0.15) is 11.8 Å². The quantitative estimate of drug-likeness (QED) is 0.873. The van der Waals surface area contributed by atoms with E-state index in [9.17, 15) is 0 Å². The minimum Gasteiger partial charge on any atom is -0.375 e. The number of ether oxygens (including phenoxy) is 1. The molecule has 2 rings (SSSR count). The number of aryl methyl sites for hydroxylation is 1. The number of rotatable bonds is 3. The second kappa shape index (κ2) is 5.71. The molecule has 0 bridgehead atoms. The summed E-state index contributed by atoms with van der Waals surface area (Å²) in [5.41, 5.74) is 8.80. The van der Waals surface area contributed by atoms with E-state index in [1.165, 1.54) is 11.1 Å². The van der Waals surface area contributed by atoms with Gasteiger partial charge in [-0.25, -0.2) is 0 Å². The summed E-state index contributed by atoms with van der Waals surface area (Å²) >= 11 is 1.94. The zero-order valence-corrected chi connectivity index (χ0v) is 10.5. The molecule has 0 aliphatic carbocycles. The first kappa shape index (κ1) is 12.0. The van der Waals surface area contributed by atoms with Gasteiger partial charge >= 0.3 is 0 Å². The maximum Gasteiger partial charge on any atom is 0.0819 e. The van der Waals surface area contributed by atoms with E-state index < -0.39 is 0 Å². The summed E-state index contributed by atoms with van der Waals surface area (Å²) in [5.74, 6) is 2.14. The van der Waals surface area contributed by atoms with Crippen molar-refractivity contribution in [2.75, 3.05) is 18.1 Å². The van der Waals surface area contributed by atoms with Crippen molar-refractivity contribution in [2.24, 2.45) is 5.73 Å². The van der Waals surface area contributed by atoms with E-state index in [4.69, 9.17) is 10.5 Å². The Morgan fingerprint density at radius 3 is 3.12 bits per heavy atom. The first-order chi connectivity index (χ1) is 7.75. The molecule has 0 saturated carbocycles. The van der Waals surface area contributed by atoms with Crippen molar-refractivity contribution in [2.45, 2.75) is 25.5 Å². The highest BCUT2D eigenvalue weighted by Gasteiger charge is 2.21. The van der Waals surface area contributed by atoms with Crippen molar-refractivity contribution >= 4 is 11.8 Å². The van der Waals surface area contributed by atoms with E-state index in [-0.39, 0.29) is 12.1 Å². The van der Waals surface area contributed by atoms with Gasteiger partial charge in [-0.3, -0.25) is 0 Å². The minimum absolute atomic E-state index is 0.120. The van der Waals surface area contributed by atoms with Crippen molar-refractivity contribution in [1.82, 2.24) is 0 Å². The summed E-state index contributed by atoms with van der Waals surface area (Å²) in [4.78, 5) is 0. The van der Waals surface area contributed by atoms with Crippen LogP contribution in [0.5, 0.6) is 0 Å². The topological polar surface area (TPSA) is 35.2 Å². The van der Waals surface area contributed by atoms with E-state index in [1.807, 2.05) is 11.8 Å². The Balaban J connectivity index is 1.93. The summed E-state index contributed by atoms with van der Waals surface area (Å²) in [5, 5.41) is 0. The second-order valence-corrected chi connectivity index (χ2v) is 5.49. The van der Waals surface area contributed by atoms with Gasteiger partial charge in [-0.05, 0) is 18.9 Å². The van der Waals surface area contributed by atoms with Crippen LogP contribution < -0.4 is 5.73 Å². The predicted octanol–water partition coefficient (Wildman–Crippen LogP) is 2.00. The van der Waals surface area contributed by atoms with Crippen molar-refractivity contribution in [1.29, 1.82) is 0 Å². The Bertz CT molecular complexity index is 336. The highest BCUT2D eigenvalue weighted by atomic mass is 32.2. The Kier molecular flexibility index (Phi) is 4.27. The number of hydrogen-bond acceptors (Lipinski definition) is 3. The first-order valence-electron chi connectivity index (χ1n) is 5.76. The molecule has 0 radical (unpaired) electrons. The molecular weight excluding hydrogens is 218 g/mol. The average molecular weight is 237 g/mol. The van der Waals surface area contributed by atoms with Crippen molar-refractivity contribution in [3.63, 3.8) is 0 Å². The maximum atomic E-state index is 6.19. The minimum atomic E-state index is 0.120. The molecule has 1 aliphatic rings. The van der Waals surface area contributed by atoms with Crippen LogP contribution in [0, 0.1) is 6.92 Å². The van der Waals surface area contributed by atoms with Crippen LogP contribution in [-0.4, -0.2) is 30.3 Å². The Labute approximate surface area is 102 Å². The molecule has 16 heavy (non-hydrogen) atoms. The van der Waals surface area contributed by atoms with E-state index in [0.717, 1.165) is 24.5 Å². The van der Waals surface area contributed by atoms with E-state index in [1.54, 1.807) is 0 Å². The van der Waals surface area contributed by atoms with Gasteiger partial charge in [0.15, 0.2) is 0 Å². The third-order valence-corrected chi connectivity index (χ3v) is 3.89. The van der Waals surface area contributed by atoms with Gasteiger partial charge in [-0.15, -0.1) is 0 Å². The molecule has 0 amide bonds. The molecule has 0 aromatic heterocycles. The van der Waals surface area contributed by atoms with Crippen LogP contribution >= 0.6 is 11.8 Å². The lowest BCUT2D eigenvalue weighted by Crippen LogP contribution is -2.42. The van der Waals surface area contributed by atoms with E-state index in [2.05, 4.69) is 31.2 Å². The predicted molar refractivity (Wildman–Crippen MR) is 69.9 cm³/mol. The molecule has 1 fully saturated rings. The third kappa shape index (κ3) is 3.24. The molecule has 0 spiro atoms. The zero-order chi connectivity index (χ0) is 11.4. The first-order valence-corrected chi connectivity index (χ1v) is 6.91. The van der Waals surface area contributed by atoms with E-state index >= 15 is 0 Å². The fourth-order valence-corrected chi connectivity index (χ4v) is 2.95. The highest BCUT2D eigenvalue weighted by molar-refractivity contribution is 7.99. The van der Waals surface area contributed by atoms with Gasteiger partial charge in [0.25, 0.3) is 0 Å². The smallest absolute Gasteiger partial charge is 0.0819 e. The Morgan fingerprint density at radius 1 is 1.56 bits per heavy atom. The molecule has 2 atom stereocenters. The van der Waals surface area contributed by atoms with Crippen molar-refractivity contribution in [3.05, 3.63) is 35.4 Å². The van der Waals surface area contributed by atoms with Crippen LogP contribution in [0.3, 0.4) is 0 Å². The Morgan fingerprint density at radius 2 is 2.44 bits per heavy atom. The molecule has 2 nitrogen and oxygen atoms in total. The maximum absolute atomic E-state index is 6.19. The van der Waals surface area contributed by atoms with Gasteiger partial charge in [0.1, 0.15) is 0 Å². The molecule has 1 aromatic rings. The molecule has 2 unspecified atom stereocenters. The summed E-state index contributed by atoms with van der Waals surface area (Å²) in [6, 6.07) is 8.67. The fraction of sp³-hybridized carbons (Fsp3) is 0.538. The number of nitrogens with two attached hydrogens (primary N) is 1. The molecule has 1 aliphatic heterocycles. The Hall–Kier alpha value is -0.510. The van der Waals surface area contributed by atoms with Gasteiger partial charge in [-0.1, -0.05) is 29.8 Å². The molecule has 1 aromatic carbocycles. The van der Waals surface area contributed by atoms with E-state index in [0.29, 0.717) is 0 Å². The lowest BCUT2D eigenvalue weighted by Gasteiger charge is -2.27. The SMILES string of the molecule is Cc1cccc(CC(N)C2CSCCO2)c1. The van der Waals surface area contributed by atoms with Gasteiger partial charge < -0.3 is 10.5 Å². The normalized spacial score (nSPS) is 23.0. The molecule has 88 valence electrons. The summed E-state index contributed by atoms with van der Waals surface area (Å²) in [6.07, 6.45) is 1.13. The van der Waals surface area contributed by atoms with Crippen LogP contribution in [-0.2, 0) is 11.2 Å². The molecular formula is C13H19NOS. The van der Waals surface area contributed by atoms with Crippen LogP contribution in [0.2, 0.25) is 0 Å². The number of thioether (sulfide) groups is 1.